The van der Waals surface area contributed by atoms with Gasteiger partial charge in [-0.25, -0.2) is 18.4 Å². The summed E-state index contributed by atoms with van der Waals surface area (Å²) >= 11 is 0. The summed E-state index contributed by atoms with van der Waals surface area (Å²) in [7, 11) is -3.26. The van der Waals surface area contributed by atoms with Crippen LogP contribution in [0.15, 0.2) is 47.4 Å². The van der Waals surface area contributed by atoms with E-state index in [0.717, 1.165) is 23.2 Å². The summed E-state index contributed by atoms with van der Waals surface area (Å²) in [6, 6.07) is 11.2. The molecule has 0 aliphatic heterocycles. The van der Waals surface area contributed by atoms with Gasteiger partial charge in [0.25, 0.3) is 5.91 Å². The molecular weight excluding hydrogens is 338 g/mol. The molecule has 6 nitrogen and oxygen atoms in total. The molecular formula is C18H17N3O3S. The Labute approximate surface area is 145 Å². The van der Waals surface area contributed by atoms with Gasteiger partial charge in [-0.05, 0) is 56.3 Å². The van der Waals surface area contributed by atoms with E-state index in [1.807, 2.05) is 13.8 Å². The lowest BCUT2D eigenvalue weighted by atomic mass is 10.1. The zero-order chi connectivity index (χ0) is 18.2. The molecule has 3 aromatic rings. The summed E-state index contributed by atoms with van der Waals surface area (Å²) in [4.78, 5) is 21.5. The largest absolute Gasteiger partial charge is 0.322 e. The van der Waals surface area contributed by atoms with Crippen LogP contribution in [0.5, 0.6) is 0 Å². The maximum Gasteiger partial charge on any atom is 0.255 e. The van der Waals surface area contributed by atoms with Crippen molar-refractivity contribution in [2.45, 2.75) is 18.7 Å². The Morgan fingerprint density at radius 3 is 2.12 bits per heavy atom. The number of rotatable bonds is 3. The third-order valence-electron chi connectivity index (χ3n) is 3.88. The molecule has 0 aliphatic carbocycles. The number of carbonyl (C=O) groups is 1. The van der Waals surface area contributed by atoms with Gasteiger partial charge in [-0.2, -0.15) is 0 Å². The van der Waals surface area contributed by atoms with Crippen LogP contribution in [-0.2, 0) is 9.84 Å². The van der Waals surface area contributed by atoms with Crippen molar-refractivity contribution in [1.29, 1.82) is 0 Å². The molecule has 0 spiro atoms. The van der Waals surface area contributed by atoms with Gasteiger partial charge in [-0.15, -0.1) is 0 Å². The van der Waals surface area contributed by atoms with Crippen molar-refractivity contribution in [3.05, 3.63) is 59.4 Å². The molecule has 25 heavy (non-hydrogen) atoms. The molecule has 7 heteroatoms. The van der Waals surface area contributed by atoms with E-state index in [1.54, 1.807) is 30.3 Å². The van der Waals surface area contributed by atoms with Crippen molar-refractivity contribution >= 4 is 32.5 Å². The van der Waals surface area contributed by atoms with E-state index in [1.165, 1.54) is 12.1 Å². The van der Waals surface area contributed by atoms with Gasteiger partial charge in [0.05, 0.1) is 27.3 Å². The molecule has 0 saturated carbocycles. The van der Waals surface area contributed by atoms with E-state index in [0.29, 0.717) is 16.8 Å². The van der Waals surface area contributed by atoms with Gasteiger partial charge in [0.15, 0.2) is 9.84 Å². The highest BCUT2D eigenvalue weighted by Crippen LogP contribution is 2.17. The average molecular weight is 355 g/mol. The summed E-state index contributed by atoms with van der Waals surface area (Å²) < 4.78 is 22.9. The molecule has 3 rings (SSSR count). The van der Waals surface area contributed by atoms with E-state index in [4.69, 9.17) is 0 Å². The van der Waals surface area contributed by atoms with Crippen LogP contribution >= 0.6 is 0 Å². The number of benzene rings is 2. The first-order valence-electron chi connectivity index (χ1n) is 7.60. The number of aryl methyl sites for hydroxylation is 2. The number of sulfone groups is 1. The normalized spacial score (nSPS) is 11.5. The maximum absolute atomic E-state index is 12.4. The summed E-state index contributed by atoms with van der Waals surface area (Å²) in [6.07, 6.45) is 1.14. The quantitative estimate of drug-likeness (QED) is 0.780. The topological polar surface area (TPSA) is 89.0 Å². The highest BCUT2D eigenvalue weighted by molar-refractivity contribution is 7.90. The average Bonchev–Trinajstić information content (AvgIpc) is 2.55. The summed E-state index contributed by atoms with van der Waals surface area (Å²) in [5, 5.41) is 2.75. The van der Waals surface area contributed by atoms with Crippen molar-refractivity contribution in [3.8, 4) is 0 Å². The number of aromatic nitrogens is 2. The lowest BCUT2D eigenvalue weighted by Gasteiger charge is -2.08. The van der Waals surface area contributed by atoms with Gasteiger partial charge in [-0.3, -0.25) is 4.79 Å². The molecule has 1 heterocycles. The predicted octanol–water partition coefficient (Wildman–Crippen LogP) is 2.90. The molecule has 1 amide bonds. The molecule has 0 bridgehead atoms. The number of anilines is 1. The van der Waals surface area contributed by atoms with Crippen LogP contribution in [0.4, 0.5) is 5.69 Å². The van der Waals surface area contributed by atoms with Crippen LogP contribution in [-0.4, -0.2) is 30.5 Å². The van der Waals surface area contributed by atoms with Crippen molar-refractivity contribution in [2.24, 2.45) is 0 Å². The lowest BCUT2D eigenvalue weighted by Crippen LogP contribution is -2.12. The van der Waals surface area contributed by atoms with Crippen LogP contribution in [0.25, 0.3) is 11.0 Å². The second kappa shape index (κ2) is 6.25. The van der Waals surface area contributed by atoms with Crippen LogP contribution in [0.3, 0.4) is 0 Å². The number of carbonyl (C=O) groups excluding carboxylic acids is 1. The molecule has 0 fully saturated rings. The van der Waals surface area contributed by atoms with Crippen LogP contribution in [0, 0.1) is 13.8 Å². The number of nitrogens with one attached hydrogen (secondary N) is 1. The molecule has 0 radical (unpaired) electrons. The molecule has 0 aliphatic rings. The van der Waals surface area contributed by atoms with E-state index in [2.05, 4.69) is 15.3 Å². The molecule has 0 atom stereocenters. The lowest BCUT2D eigenvalue weighted by molar-refractivity contribution is 0.102. The third kappa shape index (κ3) is 3.66. The number of hydrogen-bond acceptors (Lipinski definition) is 5. The second-order valence-corrected chi connectivity index (χ2v) is 7.86. The van der Waals surface area contributed by atoms with Crippen LogP contribution in [0.1, 0.15) is 21.7 Å². The summed E-state index contributed by atoms with van der Waals surface area (Å²) in [5.41, 5.74) is 4.04. The van der Waals surface area contributed by atoms with Crippen molar-refractivity contribution in [2.75, 3.05) is 11.6 Å². The summed E-state index contributed by atoms with van der Waals surface area (Å²) in [5.74, 6) is -0.297. The first-order valence-corrected chi connectivity index (χ1v) is 9.50. The molecule has 0 saturated heterocycles. The molecule has 128 valence electrons. The highest BCUT2D eigenvalue weighted by atomic mass is 32.2. The van der Waals surface area contributed by atoms with E-state index in [9.17, 15) is 13.2 Å². The van der Waals surface area contributed by atoms with Crippen LogP contribution < -0.4 is 5.32 Å². The number of nitrogens with zero attached hydrogens (tertiary/aromatic N) is 2. The molecule has 2 aromatic carbocycles. The predicted molar refractivity (Wildman–Crippen MR) is 96.5 cm³/mol. The Kier molecular flexibility index (Phi) is 4.26. The molecule has 1 N–H and O–H groups in total. The van der Waals surface area contributed by atoms with Gasteiger partial charge in [0, 0.05) is 17.5 Å². The van der Waals surface area contributed by atoms with Gasteiger partial charge in [0.2, 0.25) is 0 Å². The second-order valence-electron chi connectivity index (χ2n) is 5.85. The minimum absolute atomic E-state index is 0.206. The fourth-order valence-electron chi connectivity index (χ4n) is 2.36. The van der Waals surface area contributed by atoms with Crippen molar-refractivity contribution in [3.63, 3.8) is 0 Å². The number of amides is 1. The van der Waals surface area contributed by atoms with Crippen molar-refractivity contribution < 1.29 is 13.2 Å². The summed E-state index contributed by atoms with van der Waals surface area (Å²) in [6.45, 7) is 3.76. The molecule has 0 unspecified atom stereocenters. The van der Waals surface area contributed by atoms with Gasteiger partial charge in [-0.1, -0.05) is 0 Å². The Hall–Kier alpha value is -2.80. The monoisotopic (exact) mass is 355 g/mol. The van der Waals surface area contributed by atoms with Gasteiger partial charge >= 0.3 is 0 Å². The SMILES string of the molecule is Cc1nc2ccc(C(=O)Nc3ccc(S(C)(=O)=O)cc3)cc2nc1C. The van der Waals surface area contributed by atoms with E-state index < -0.39 is 9.84 Å². The Morgan fingerprint density at radius 1 is 0.920 bits per heavy atom. The highest BCUT2D eigenvalue weighted by Gasteiger charge is 2.11. The Bertz CT molecular complexity index is 1070. The van der Waals surface area contributed by atoms with E-state index in [-0.39, 0.29) is 10.8 Å². The zero-order valence-electron chi connectivity index (χ0n) is 14.1. The smallest absolute Gasteiger partial charge is 0.255 e. The molecule has 1 aromatic heterocycles. The maximum atomic E-state index is 12.4. The Morgan fingerprint density at radius 2 is 1.52 bits per heavy atom. The van der Waals surface area contributed by atoms with Crippen molar-refractivity contribution in [1.82, 2.24) is 9.97 Å². The Balaban J connectivity index is 1.86. The number of hydrogen-bond donors (Lipinski definition) is 1. The first kappa shape index (κ1) is 17.0. The first-order chi connectivity index (χ1) is 11.7. The minimum Gasteiger partial charge on any atom is -0.322 e. The fourth-order valence-corrected chi connectivity index (χ4v) is 2.99. The third-order valence-corrected chi connectivity index (χ3v) is 5.01. The van der Waals surface area contributed by atoms with Gasteiger partial charge in [0.1, 0.15) is 0 Å². The fraction of sp³-hybridized carbons (Fsp3) is 0.167. The van der Waals surface area contributed by atoms with Gasteiger partial charge < -0.3 is 5.32 Å². The zero-order valence-corrected chi connectivity index (χ0v) is 14.9. The van der Waals surface area contributed by atoms with Crippen LogP contribution in [0.2, 0.25) is 0 Å². The number of fused-ring (bicyclic) bond motifs is 1. The minimum atomic E-state index is -3.26. The van der Waals surface area contributed by atoms with E-state index >= 15 is 0 Å². The standard InChI is InChI=1S/C18H17N3O3S/c1-11-12(2)20-17-10-13(4-9-16(17)19-11)18(22)21-14-5-7-15(8-6-14)25(3,23)24/h4-10H,1-3H3,(H,21,22).